The van der Waals surface area contributed by atoms with Gasteiger partial charge in [-0.1, -0.05) is 19.1 Å². The molecule has 1 amide bonds. The maximum Gasteiger partial charge on any atom is 0.433 e. The molecule has 0 aliphatic heterocycles. The molecule has 2 rings (SSSR count). The van der Waals surface area contributed by atoms with Gasteiger partial charge in [-0.15, -0.1) is 0 Å². The molecule has 1 heterocycles. The number of alkyl halides is 3. The number of hydrogen-bond donors (Lipinski definition) is 1. The fourth-order valence-corrected chi connectivity index (χ4v) is 2.73. The number of hydrogen-bond acceptors (Lipinski definition) is 3. The van der Waals surface area contributed by atoms with Gasteiger partial charge < -0.3 is 10.1 Å². The summed E-state index contributed by atoms with van der Waals surface area (Å²) < 4.78 is 45.2. The molecule has 0 aliphatic carbocycles. The Kier molecular flexibility index (Phi) is 5.94. The van der Waals surface area contributed by atoms with Crippen LogP contribution in [0.5, 0.6) is 5.75 Å². The van der Waals surface area contributed by atoms with Crippen LogP contribution in [0.15, 0.2) is 24.3 Å². The summed E-state index contributed by atoms with van der Waals surface area (Å²) in [4.78, 5) is 12.4. The third-order valence-corrected chi connectivity index (χ3v) is 3.97. The van der Waals surface area contributed by atoms with Gasteiger partial charge in [0.1, 0.15) is 11.4 Å². The molecule has 1 N–H and O–H groups in total. The van der Waals surface area contributed by atoms with E-state index in [1.165, 1.54) is 14.0 Å². The highest BCUT2D eigenvalue weighted by Crippen LogP contribution is 2.30. The Morgan fingerprint density at radius 2 is 2.04 bits per heavy atom. The van der Waals surface area contributed by atoms with Crippen molar-refractivity contribution < 1.29 is 22.7 Å². The van der Waals surface area contributed by atoms with Gasteiger partial charge in [-0.3, -0.25) is 9.48 Å². The van der Waals surface area contributed by atoms with Crippen LogP contribution in [0.1, 0.15) is 34.2 Å². The molecule has 0 bridgehead atoms. The maximum atomic E-state index is 13.0. The van der Waals surface area contributed by atoms with E-state index in [0.29, 0.717) is 17.0 Å². The minimum absolute atomic E-state index is 0.0495. The molecule has 1 aromatic heterocycles. The average Bonchev–Trinajstić information content (AvgIpc) is 2.93. The highest BCUT2D eigenvalue weighted by Gasteiger charge is 2.35. The molecule has 1 atom stereocenters. The van der Waals surface area contributed by atoms with Crippen molar-refractivity contribution in [2.24, 2.45) is 5.92 Å². The number of aromatic nitrogens is 2. The van der Waals surface area contributed by atoms with E-state index in [1.807, 2.05) is 0 Å². The van der Waals surface area contributed by atoms with E-state index in [2.05, 4.69) is 10.4 Å². The van der Waals surface area contributed by atoms with Crippen molar-refractivity contribution in [3.8, 4) is 5.75 Å². The number of carbonyl (C=O) groups excluding carboxylic acids is 1. The van der Waals surface area contributed by atoms with Gasteiger partial charge in [0.25, 0.3) is 5.91 Å². The first-order valence-electron chi connectivity index (χ1n) is 8.17. The van der Waals surface area contributed by atoms with Gasteiger partial charge in [-0.25, -0.2) is 0 Å². The molecule has 0 aliphatic rings. The molecule has 8 heteroatoms. The van der Waals surface area contributed by atoms with Crippen molar-refractivity contribution in [3.05, 3.63) is 46.8 Å². The molecule has 0 radical (unpaired) electrons. The summed E-state index contributed by atoms with van der Waals surface area (Å²) in [6.07, 6.45) is -4.46. The number of benzene rings is 1. The molecular formula is C18H22F3N3O2. The number of halogens is 3. The van der Waals surface area contributed by atoms with Gasteiger partial charge in [0.2, 0.25) is 0 Å². The number of rotatable bonds is 6. The number of nitrogens with zero attached hydrogens (tertiary/aromatic N) is 2. The van der Waals surface area contributed by atoms with E-state index in [4.69, 9.17) is 4.74 Å². The lowest BCUT2D eigenvalue weighted by atomic mass is 10.1. The molecule has 0 saturated carbocycles. The molecule has 1 unspecified atom stereocenters. The highest BCUT2D eigenvalue weighted by molar-refractivity contribution is 5.98. The van der Waals surface area contributed by atoms with E-state index in [1.54, 1.807) is 32.0 Å². The van der Waals surface area contributed by atoms with Crippen LogP contribution in [0.2, 0.25) is 0 Å². The topological polar surface area (TPSA) is 56.1 Å². The van der Waals surface area contributed by atoms with Crippen LogP contribution in [0.3, 0.4) is 0 Å². The average molecular weight is 369 g/mol. The lowest BCUT2D eigenvalue weighted by molar-refractivity contribution is -0.144. The van der Waals surface area contributed by atoms with Crippen LogP contribution in [0.25, 0.3) is 0 Å². The van der Waals surface area contributed by atoms with E-state index in [9.17, 15) is 18.0 Å². The first kappa shape index (κ1) is 19.8. The SMILES string of the molecule is COc1cccc(C)c1C(=O)NCC(C)Cn1nc(C)cc1C(F)(F)F. The van der Waals surface area contributed by atoms with Crippen LogP contribution >= 0.6 is 0 Å². The van der Waals surface area contributed by atoms with Crippen molar-refractivity contribution in [3.63, 3.8) is 0 Å². The van der Waals surface area contributed by atoms with E-state index in [0.717, 1.165) is 16.3 Å². The van der Waals surface area contributed by atoms with E-state index < -0.39 is 11.9 Å². The van der Waals surface area contributed by atoms with Crippen molar-refractivity contribution >= 4 is 5.91 Å². The Bertz CT molecular complexity index is 784. The Hall–Kier alpha value is -2.51. The largest absolute Gasteiger partial charge is 0.496 e. The fraction of sp³-hybridized carbons (Fsp3) is 0.444. The van der Waals surface area contributed by atoms with Crippen LogP contribution in [-0.4, -0.2) is 29.3 Å². The Labute approximate surface area is 150 Å². The van der Waals surface area contributed by atoms with E-state index in [-0.39, 0.29) is 24.9 Å². The minimum atomic E-state index is -4.46. The fourth-order valence-electron chi connectivity index (χ4n) is 2.73. The number of ether oxygens (including phenoxy) is 1. The Morgan fingerprint density at radius 3 is 2.65 bits per heavy atom. The highest BCUT2D eigenvalue weighted by atomic mass is 19.4. The van der Waals surface area contributed by atoms with Gasteiger partial charge in [0, 0.05) is 13.1 Å². The van der Waals surface area contributed by atoms with Crippen LogP contribution in [0.4, 0.5) is 13.2 Å². The molecule has 5 nitrogen and oxygen atoms in total. The van der Waals surface area contributed by atoms with Crippen molar-refractivity contribution in [2.45, 2.75) is 33.5 Å². The summed E-state index contributed by atoms with van der Waals surface area (Å²) >= 11 is 0. The molecule has 1 aromatic carbocycles. The third kappa shape index (κ3) is 4.56. The zero-order valence-corrected chi connectivity index (χ0v) is 15.1. The summed E-state index contributed by atoms with van der Waals surface area (Å²) in [6, 6.07) is 6.28. The van der Waals surface area contributed by atoms with Crippen molar-refractivity contribution in [2.75, 3.05) is 13.7 Å². The van der Waals surface area contributed by atoms with Gasteiger partial charge in [-0.2, -0.15) is 18.3 Å². The summed E-state index contributed by atoms with van der Waals surface area (Å²) in [5, 5.41) is 6.67. The summed E-state index contributed by atoms with van der Waals surface area (Å²) in [6.45, 7) is 5.33. The third-order valence-electron chi connectivity index (χ3n) is 3.97. The van der Waals surface area contributed by atoms with Crippen LogP contribution in [-0.2, 0) is 12.7 Å². The second-order valence-corrected chi connectivity index (χ2v) is 6.32. The summed E-state index contributed by atoms with van der Waals surface area (Å²) in [5.41, 5.74) is 0.705. The minimum Gasteiger partial charge on any atom is -0.496 e. The van der Waals surface area contributed by atoms with Crippen molar-refractivity contribution in [1.82, 2.24) is 15.1 Å². The lowest BCUT2D eigenvalue weighted by Gasteiger charge is -2.17. The second kappa shape index (κ2) is 7.80. The van der Waals surface area contributed by atoms with Gasteiger partial charge in [-0.05, 0) is 37.5 Å². The molecule has 2 aromatic rings. The van der Waals surface area contributed by atoms with Crippen LogP contribution < -0.4 is 10.1 Å². The number of amides is 1. The van der Waals surface area contributed by atoms with Crippen molar-refractivity contribution in [1.29, 1.82) is 0 Å². The molecule has 0 spiro atoms. The predicted octanol–water partition coefficient (Wildman–Crippen LogP) is 3.59. The van der Waals surface area contributed by atoms with Gasteiger partial charge in [0.15, 0.2) is 0 Å². The first-order chi connectivity index (χ1) is 12.1. The number of carbonyl (C=O) groups is 1. The molecule has 142 valence electrons. The van der Waals surface area contributed by atoms with Gasteiger partial charge in [0.05, 0.1) is 18.4 Å². The molecule has 0 fully saturated rings. The molecule has 26 heavy (non-hydrogen) atoms. The standard InChI is InChI=1S/C18H22F3N3O2/c1-11(10-24-15(18(19,20)21)8-13(3)23-24)9-22-17(25)16-12(2)6-5-7-14(16)26-4/h5-8,11H,9-10H2,1-4H3,(H,22,25). The second-order valence-electron chi connectivity index (χ2n) is 6.32. The number of nitrogens with one attached hydrogen (secondary N) is 1. The Balaban J connectivity index is 2.04. The maximum absolute atomic E-state index is 13.0. The zero-order chi connectivity index (χ0) is 19.5. The lowest BCUT2D eigenvalue weighted by Crippen LogP contribution is -2.31. The van der Waals surface area contributed by atoms with Gasteiger partial charge >= 0.3 is 6.18 Å². The first-order valence-corrected chi connectivity index (χ1v) is 8.17. The zero-order valence-electron chi connectivity index (χ0n) is 15.1. The van der Waals surface area contributed by atoms with Crippen LogP contribution in [0, 0.1) is 19.8 Å². The van der Waals surface area contributed by atoms with E-state index >= 15 is 0 Å². The Morgan fingerprint density at radius 1 is 1.35 bits per heavy atom. The molecule has 0 saturated heterocycles. The number of aryl methyl sites for hydroxylation is 2. The quantitative estimate of drug-likeness (QED) is 0.847. The molecular weight excluding hydrogens is 347 g/mol. The monoisotopic (exact) mass is 369 g/mol. The smallest absolute Gasteiger partial charge is 0.433 e. The summed E-state index contributed by atoms with van der Waals surface area (Å²) in [5.74, 6) is -0.105. The predicted molar refractivity (Wildman–Crippen MR) is 91.2 cm³/mol. The summed E-state index contributed by atoms with van der Waals surface area (Å²) in [7, 11) is 1.48. The number of methoxy groups -OCH3 is 1. The normalized spacial score (nSPS) is 12.7.